The molecule has 0 bridgehead atoms. The Kier molecular flexibility index (Phi) is 6.78. The van der Waals surface area contributed by atoms with Crippen molar-refractivity contribution in [2.45, 2.75) is 39.0 Å². The van der Waals surface area contributed by atoms with Crippen molar-refractivity contribution in [1.82, 2.24) is 9.13 Å². The molecular formula is C38H34N4Si2. The van der Waals surface area contributed by atoms with E-state index in [0.29, 0.717) is 11.1 Å². The molecule has 0 spiro atoms. The summed E-state index contributed by atoms with van der Waals surface area (Å²) in [5.74, 6) is 0. The van der Waals surface area contributed by atoms with Gasteiger partial charge in [-0.1, -0.05) is 79.7 Å². The van der Waals surface area contributed by atoms with E-state index in [1.165, 1.54) is 33.6 Å². The molecule has 0 aliphatic carbocycles. The summed E-state index contributed by atoms with van der Waals surface area (Å²) in [5, 5.41) is 26.9. The second kappa shape index (κ2) is 10.7. The SMILES string of the molecule is CCC[SiH2]c1ccc2c(c1)c1cc(C#N)ccc1n2-c1cccc(-n2c3ccc(C#N)cc3c3cc([Si](C)(C)C)ccc32)c1. The molecule has 0 saturated carbocycles. The van der Waals surface area contributed by atoms with Crippen molar-refractivity contribution >= 4 is 71.6 Å². The van der Waals surface area contributed by atoms with Crippen LogP contribution in [0.15, 0.2) is 97.1 Å². The Bertz CT molecular complexity index is 2340. The van der Waals surface area contributed by atoms with Gasteiger partial charge >= 0.3 is 0 Å². The van der Waals surface area contributed by atoms with Crippen LogP contribution in [0.4, 0.5) is 0 Å². The molecule has 0 saturated heterocycles. The average molecular weight is 603 g/mol. The molecule has 0 aliphatic heterocycles. The van der Waals surface area contributed by atoms with Gasteiger partial charge in [-0.25, -0.2) is 0 Å². The van der Waals surface area contributed by atoms with Gasteiger partial charge in [0.1, 0.15) is 0 Å². The molecule has 7 aromatic rings. The highest BCUT2D eigenvalue weighted by Crippen LogP contribution is 2.36. The minimum atomic E-state index is -1.54. The highest BCUT2D eigenvalue weighted by molar-refractivity contribution is 6.88. The quantitative estimate of drug-likeness (QED) is 0.183. The average Bonchev–Trinajstić information content (AvgIpc) is 3.54. The van der Waals surface area contributed by atoms with Crippen LogP contribution >= 0.6 is 0 Å². The molecule has 0 atom stereocenters. The topological polar surface area (TPSA) is 57.4 Å². The molecule has 44 heavy (non-hydrogen) atoms. The first-order chi connectivity index (χ1) is 21.3. The summed E-state index contributed by atoms with van der Waals surface area (Å²) in [5.41, 5.74) is 7.99. The zero-order valence-electron chi connectivity index (χ0n) is 25.6. The second-order valence-electron chi connectivity index (χ2n) is 12.8. The molecule has 7 rings (SSSR count). The molecule has 6 heteroatoms. The van der Waals surface area contributed by atoms with E-state index in [2.05, 4.69) is 121 Å². The van der Waals surface area contributed by atoms with Crippen molar-refractivity contribution in [3.63, 3.8) is 0 Å². The van der Waals surface area contributed by atoms with Crippen molar-refractivity contribution in [2.24, 2.45) is 0 Å². The van der Waals surface area contributed by atoms with Crippen LogP contribution in [-0.2, 0) is 0 Å². The fourth-order valence-electron chi connectivity index (χ4n) is 6.56. The molecule has 0 aliphatic rings. The Hall–Kier alpha value is -4.89. The Labute approximate surface area is 261 Å². The number of aromatic nitrogens is 2. The maximum absolute atomic E-state index is 9.72. The molecule has 4 nitrogen and oxygen atoms in total. The summed E-state index contributed by atoms with van der Waals surface area (Å²) >= 11 is 0. The molecule has 0 N–H and O–H groups in total. The number of hydrogen-bond donors (Lipinski definition) is 0. The third-order valence-electron chi connectivity index (χ3n) is 8.88. The van der Waals surface area contributed by atoms with Gasteiger partial charge in [-0.3, -0.25) is 0 Å². The molecule has 2 aromatic heterocycles. The zero-order valence-corrected chi connectivity index (χ0v) is 28.1. The predicted molar refractivity (Wildman–Crippen MR) is 191 cm³/mol. The highest BCUT2D eigenvalue weighted by atomic mass is 28.3. The first-order valence-electron chi connectivity index (χ1n) is 15.4. The van der Waals surface area contributed by atoms with Crippen molar-refractivity contribution in [1.29, 1.82) is 10.5 Å². The summed E-state index contributed by atoms with van der Waals surface area (Å²) in [6.45, 7) is 9.38. The Morgan fingerprint density at radius 2 is 1.11 bits per heavy atom. The van der Waals surface area contributed by atoms with Gasteiger partial charge in [0, 0.05) is 32.9 Å². The van der Waals surface area contributed by atoms with Crippen LogP contribution in [0, 0.1) is 22.7 Å². The van der Waals surface area contributed by atoms with Crippen molar-refractivity contribution in [3.05, 3.63) is 108 Å². The standard InChI is InChI=1S/C38H34N4Si2/c1-5-17-43-29-11-15-37-33(21-29)31-18-25(23-39)9-13-35(31)41(37)27-7-6-8-28(20-27)42-36-14-10-26(24-40)19-32(36)34-22-30(44(2,3)4)12-16-38(34)42/h6-16,18-22H,5,17,43H2,1-4H3. The molecular weight excluding hydrogens is 569 g/mol. The van der Waals surface area contributed by atoms with Crippen molar-refractivity contribution < 1.29 is 0 Å². The predicted octanol–water partition coefficient (Wildman–Crippen LogP) is 7.79. The summed E-state index contributed by atoms with van der Waals surface area (Å²) in [6.07, 6.45) is 1.22. The minimum absolute atomic E-state index is 0.322. The van der Waals surface area contributed by atoms with E-state index in [1.54, 1.807) is 0 Å². The van der Waals surface area contributed by atoms with Crippen LogP contribution in [0.3, 0.4) is 0 Å². The lowest BCUT2D eigenvalue weighted by Crippen LogP contribution is -2.37. The van der Waals surface area contributed by atoms with Crippen LogP contribution in [-0.4, -0.2) is 26.7 Å². The largest absolute Gasteiger partial charge is 0.309 e. The molecule has 2 heterocycles. The first kappa shape index (κ1) is 27.9. The van der Waals surface area contributed by atoms with E-state index in [1.807, 2.05) is 24.3 Å². The second-order valence-corrected chi connectivity index (χ2v) is 19.9. The van der Waals surface area contributed by atoms with Gasteiger partial charge in [-0.15, -0.1) is 0 Å². The maximum Gasteiger partial charge on any atom is 0.0991 e. The third-order valence-corrected chi connectivity index (χ3v) is 13.0. The van der Waals surface area contributed by atoms with Gasteiger partial charge in [0.2, 0.25) is 0 Å². The number of hydrogen-bond acceptors (Lipinski definition) is 2. The number of rotatable bonds is 6. The van der Waals surface area contributed by atoms with Crippen LogP contribution in [0.5, 0.6) is 0 Å². The van der Waals surface area contributed by atoms with Crippen LogP contribution in [0.25, 0.3) is 55.0 Å². The van der Waals surface area contributed by atoms with Crippen molar-refractivity contribution in [3.8, 4) is 23.5 Å². The molecule has 5 aromatic carbocycles. The lowest BCUT2D eigenvalue weighted by atomic mass is 10.1. The molecule has 0 amide bonds. The van der Waals surface area contributed by atoms with Gasteiger partial charge in [0.15, 0.2) is 0 Å². The van der Waals surface area contributed by atoms with E-state index in [0.717, 1.165) is 44.2 Å². The Morgan fingerprint density at radius 3 is 1.64 bits per heavy atom. The molecule has 0 unspecified atom stereocenters. The lowest BCUT2D eigenvalue weighted by molar-refractivity contribution is 1.08. The van der Waals surface area contributed by atoms with E-state index < -0.39 is 8.07 Å². The van der Waals surface area contributed by atoms with E-state index in [9.17, 15) is 10.5 Å². The van der Waals surface area contributed by atoms with Gasteiger partial charge in [-0.2, -0.15) is 10.5 Å². The number of benzene rings is 5. The monoisotopic (exact) mass is 602 g/mol. The minimum Gasteiger partial charge on any atom is -0.309 e. The summed E-state index contributed by atoms with van der Waals surface area (Å²) in [6, 6.07) is 40.7. The Balaban J connectivity index is 1.48. The maximum atomic E-state index is 9.72. The number of fused-ring (bicyclic) bond motifs is 6. The van der Waals surface area contributed by atoms with Crippen LogP contribution in [0.1, 0.15) is 24.5 Å². The Morgan fingerprint density at radius 1 is 0.614 bits per heavy atom. The summed E-state index contributed by atoms with van der Waals surface area (Å²) in [7, 11) is -1.86. The summed E-state index contributed by atoms with van der Waals surface area (Å²) in [4.78, 5) is 0. The van der Waals surface area contributed by atoms with Crippen LogP contribution in [0.2, 0.25) is 25.7 Å². The normalized spacial score (nSPS) is 12.1. The van der Waals surface area contributed by atoms with Gasteiger partial charge in [0.25, 0.3) is 0 Å². The van der Waals surface area contributed by atoms with Gasteiger partial charge in [0.05, 0.1) is 62.9 Å². The molecule has 0 fully saturated rings. The van der Waals surface area contributed by atoms with E-state index in [-0.39, 0.29) is 9.52 Å². The number of nitrogens with zero attached hydrogens (tertiary/aromatic N) is 4. The zero-order chi connectivity index (χ0) is 30.6. The molecule has 0 radical (unpaired) electrons. The third kappa shape index (κ3) is 4.55. The fourth-order valence-corrected chi connectivity index (χ4v) is 9.12. The fraction of sp³-hybridized carbons (Fsp3) is 0.158. The van der Waals surface area contributed by atoms with Gasteiger partial charge < -0.3 is 9.13 Å². The smallest absolute Gasteiger partial charge is 0.0991 e. The van der Waals surface area contributed by atoms with E-state index >= 15 is 0 Å². The van der Waals surface area contributed by atoms with Gasteiger partial charge in [-0.05, 0) is 66.7 Å². The first-order valence-corrected chi connectivity index (χ1v) is 20.6. The molecule has 214 valence electrons. The van der Waals surface area contributed by atoms with Crippen LogP contribution < -0.4 is 10.4 Å². The lowest BCUT2D eigenvalue weighted by Gasteiger charge is -2.17. The van der Waals surface area contributed by atoms with Crippen molar-refractivity contribution in [2.75, 3.05) is 0 Å². The summed E-state index contributed by atoms with van der Waals surface area (Å²) < 4.78 is 4.67. The van der Waals surface area contributed by atoms with E-state index in [4.69, 9.17) is 0 Å². The number of nitriles is 2. The highest BCUT2D eigenvalue weighted by Gasteiger charge is 2.21.